The van der Waals surface area contributed by atoms with E-state index >= 15 is 0 Å². The van der Waals surface area contributed by atoms with Gasteiger partial charge in [-0.2, -0.15) is 11.8 Å². The van der Waals surface area contributed by atoms with Gasteiger partial charge in [0.1, 0.15) is 0 Å². The molecule has 1 aliphatic rings. The number of hydrogen-bond acceptors (Lipinski definition) is 2. The molecule has 1 nitrogen and oxygen atoms in total. The first-order chi connectivity index (χ1) is 8.55. The maximum absolute atomic E-state index is 3.56. The molecule has 1 aliphatic heterocycles. The van der Waals surface area contributed by atoms with Crippen LogP contribution in [0.25, 0.3) is 0 Å². The highest BCUT2D eigenvalue weighted by molar-refractivity contribution is 8.00. The molecule has 0 aliphatic carbocycles. The van der Waals surface area contributed by atoms with Gasteiger partial charge in [-0.05, 0) is 64.0 Å². The second-order valence-electron chi connectivity index (χ2n) is 5.74. The highest BCUT2D eigenvalue weighted by Gasteiger charge is 2.37. The average molecular weight is 263 g/mol. The minimum Gasteiger partial charge on any atom is -0.315 e. The number of aryl methyl sites for hydroxylation is 2. The Kier molecular flexibility index (Phi) is 4.39. The van der Waals surface area contributed by atoms with Gasteiger partial charge in [0.05, 0.1) is 0 Å². The van der Waals surface area contributed by atoms with Crippen molar-refractivity contribution < 1.29 is 0 Å². The third kappa shape index (κ3) is 2.92. The summed E-state index contributed by atoms with van der Waals surface area (Å²) in [5, 5.41) is 3.56. The molecule has 0 bridgehead atoms. The predicted octanol–water partition coefficient (Wildman–Crippen LogP) is 3.72. The molecule has 0 spiro atoms. The summed E-state index contributed by atoms with van der Waals surface area (Å²) >= 11 is 2.14. The minimum atomic E-state index is 0.408. The maximum atomic E-state index is 3.56. The summed E-state index contributed by atoms with van der Waals surface area (Å²) in [5.41, 5.74) is 4.30. The molecule has 18 heavy (non-hydrogen) atoms. The van der Waals surface area contributed by atoms with E-state index in [0.717, 1.165) is 6.42 Å². The third-order valence-corrected chi connectivity index (χ3v) is 5.90. The lowest BCUT2D eigenvalue weighted by Crippen LogP contribution is -2.45. The highest BCUT2D eigenvalue weighted by Crippen LogP contribution is 2.41. The summed E-state index contributed by atoms with van der Waals surface area (Å²) < 4.78 is 0.408. The topological polar surface area (TPSA) is 12.0 Å². The molecule has 2 heteroatoms. The standard InChI is InChI=1S/C16H25NS/c1-12-6-7-13(2)14(10-12)11-15(17-4)16(3)8-5-9-18-16/h6-7,10,15,17H,5,8-9,11H2,1-4H3. The van der Waals surface area contributed by atoms with Gasteiger partial charge in [-0.15, -0.1) is 0 Å². The lowest BCUT2D eigenvalue weighted by Gasteiger charge is -2.33. The van der Waals surface area contributed by atoms with E-state index < -0.39 is 0 Å². The summed E-state index contributed by atoms with van der Waals surface area (Å²) in [4.78, 5) is 0. The van der Waals surface area contributed by atoms with Crippen LogP contribution in [0.2, 0.25) is 0 Å². The zero-order chi connectivity index (χ0) is 13.2. The van der Waals surface area contributed by atoms with E-state index in [0.29, 0.717) is 10.8 Å². The molecule has 2 atom stereocenters. The average Bonchev–Trinajstić information content (AvgIpc) is 2.78. The fraction of sp³-hybridized carbons (Fsp3) is 0.625. The first-order valence-corrected chi connectivity index (χ1v) is 7.91. The van der Waals surface area contributed by atoms with Crippen molar-refractivity contribution in [3.63, 3.8) is 0 Å². The van der Waals surface area contributed by atoms with Gasteiger partial charge >= 0.3 is 0 Å². The summed E-state index contributed by atoms with van der Waals surface area (Å²) in [7, 11) is 2.11. The van der Waals surface area contributed by atoms with Crippen molar-refractivity contribution in [3.05, 3.63) is 34.9 Å². The van der Waals surface area contributed by atoms with Crippen LogP contribution >= 0.6 is 11.8 Å². The third-order valence-electron chi connectivity index (χ3n) is 4.26. The van der Waals surface area contributed by atoms with Crippen LogP contribution in [0.1, 0.15) is 36.5 Å². The largest absolute Gasteiger partial charge is 0.315 e. The molecule has 0 radical (unpaired) electrons. The predicted molar refractivity (Wildman–Crippen MR) is 82.6 cm³/mol. The van der Waals surface area contributed by atoms with E-state index in [1.54, 1.807) is 0 Å². The molecule has 1 N–H and O–H groups in total. The number of rotatable bonds is 4. The Morgan fingerprint density at radius 1 is 1.39 bits per heavy atom. The van der Waals surface area contributed by atoms with Crippen molar-refractivity contribution in [1.82, 2.24) is 5.32 Å². The van der Waals surface area contributed by atoms with E-state index in [9.17, 15) is 0 Å². The van der Waals surface area contributed by atoms with Crippen LogP contribution < -0.4 is 5.32 Å². The molecular weight excluding hydrogens is 238 g/mol. The monoisotopic (exact) mass is 263 g/mol. The Hall–Kier alpha value is -0.470. The van der Waals surface area contributed by atoms with Crippen molar-refractivity contribution in [2.24, 2.45) is 0 Å². The number of likely N-dealkylation sites (N-methyl/N-ethyl adjacent to an activating group) is 1. The van der Waals surface area contributed by atoms with Gasteiger partial charge in [0.2, 0.25) is 0 Å². The molecule has 100 valence electrons. The molecule has 1 aromatic rings. The van der Waals surface area contributed by atoms with Crippen LogP contribution in [0.15, 0.2) is 18.2 Å². The molecule has 1 saturated heterocycles. The maximum Gasteiger partial charge on any atom is 0.0288 e. The van der Waals surface area contributed by atoms with Crippen molar-refractivity contribution >= 4 is 11.8 Å². The minimum absolute atomic E-state index is 0.408. The number of thioether (sulfide) groups is 1. The van der Waals surface area contributed by atoms with E-state index in [4.69, 9.17) is 0 Å². The zero-order valence-electron chi connectivity index (χ0n) is 12.0. The van der Waals surface area contributed by atoms with E-state index in [1.165, 1.54) is 35.3 Å². The lowest BCUT2D eigenvalue weighted by molar-refractivity contribution is 0.423. The molecular formula is C16H25NS. The van der Waals surface area contributed by atoms with E-state index in [2.05, 4.69) is 63.1 Å². The van der Waals surface area contributed by atoms with Crippen LogP contribution in [0.5, 0.6) is 0 Å². The first-order valence-electron chi connectivity index (χ1n) is 6.92. The molecule has 1 aromatic carbocycles. The van der Waals surface area contributed by atoms with Crippen molar-refractivity contribution in [3.8, 4) is 0 Å². The zero-order valence-corrected chi connectivity index (χ0v) is 12.9. The molecule has 2 rings (SSSR count). The first kappa shape index (κ1) is 14.0. The van der Waals surface area contributed by atoms with Crippen LogP contribution in [0.3, 0.4) is 0 Å². The second kappa shape index (κ2) is 5.66. The van der Waals surface area contributed by atoms with Crippen molar-refractivity contribution in [2.45, 2.75) is 50.8 Å². The van der Waals surface area contributed by atoms with Gasteiger partial charge in [-0.25, -0.2) is 0 Å². The van der Waals surface area contributed by atoms with Gasteiger partial charge in [0.15, 0.2) is 0 Å². The Labute approximate surface area is 116 Å². The van der Waals surface area contributed by atoms with Crippen molar-refractivity contribution in [2.75, 3.05) is 12.8 Å². The molecule has 1 heterocycles. The highest BCUT2D eigenvalue weighted by atomic mass is 32.2. The molecule has 0 amide bonds. The van der Waals surface area contributed by atoms with Gasteiger partial charge in [-0.1, -0.05) is 23.8 Å². The van der Waals surface area contributed by atoms with Crippen LogP contribution in [-0.4, -0.2) is 23.6 Å². The Balaban J connectivity index is 2.17. The van der Waals surface area contributed by atoms with Gasteiger partial charge in [0, 0.05) is 10.8 Å². The summed E-state index contributed by atoms with van der Waals surface area (Å²) in [6.45, 7) is 6.84. The second-order valence-corrected chi connectivity index (χ2v) is 7.37. The normalized spacial score (nSPS) is 25.3. The van der Waals surface area contributed by atoms with Gasteiger partial charge in [-0.3, -0.25) is 0 Å². The fourth-order valence-corrected chi connectivity index (χ4v) is 4.38. The lowest BCUT2D eigenvalue weighted by atomic mass is 9.89. The molecule has 1 fully saturated rings. The quantitative estimate of drug-likeness (QED) is 0.888. The van der Waals surface area contributed by atoms with Gasteiger partial charge in [0.25, 0.3) is 0 Å². The Morgan fingerprint density at radius 3 is 2.78 bits per heavy atom. The van der Waals surface area contributed by atoms with Crippen LogP contribution in [0, 0.1) is 13.8 Å². The van der Waals surface area contributed by atoms with E-state index in [-0.39, 0.29) is 0 Å². The Morgan fingerprint density at radius 2 is 2.17 bits per heavy atom. The summed E-state index contributed by atoms with van der Waals surface area (Å²) in [6, 6.07) is 7.38. The summed E-state index contributed by atoms with van der Waals surface area (Å²) in [5.74, 6) is 1.32. The fourth-order valence-electron chi connectivity index (χ4n) is 2.94. The molecule has 2 unspecified atom stereocenters. The number of benzene rings is 1. The Bertz CT molecular complexity index is 408. The molecule has 0 aromatic heterocycles. The number of nitrogens with one attached hydrogen (secondary N) is 1. The smallest absolute Gasteiger partial charge is 0.0288 e. The van der Waals surface area contributed by atoms with E-state index in [1.807, 2.05) is 0 Å². The number of hydrogen-bond donors (Lipinski definition) is 1. The van der Waals surface area contributed by atoms with Crippen LogP contribution in [0.4, 0.5) is 0 Å². The van der Waals surface area contributed by atoms with Crippen molar-refractivity contribution in [1.29, 1.82) is 0 Å². The SMILES string of the molecule is CNC(Cc1cc(C)ccc1C)C1(C)CCCS1. The molecule has 0 saturated carbocycles. The van der Waals surface area contributed by atoms with Gasteiger partial charge < -0.3 is 5.32 Å². The van der Waals surface area contributed by atoms with Crippen LogP contribution in [-0.2, 0) is 6.42 Å². The summed E-state index contributed by atoms with van der Waals surface area (Å²) in [6.07, 6.45) is 3.85.